The molecule has 0 aromatic heterocycles. The maximum atomic E-state index is 5.13. The van der Waals surface area contributed by atoms with Gasteiger partial charge >= 0.3 is 0 Å². The zero-order valence-corrected chi connectivity index (χ0v) is 10.4. The molecule has 0 aliphatic carbocycles. The third-order valence-corrected chi connectivity index (χ3v) is 2.63. The van der Waals surface area contributed by atoms with E-state index in [1.54, 1.807) is 7.11 Å². The van der Waals surface area contributed by atoms with Crippen molar-refractivity contribution in [3.05, 3.63) is 0 Å². The number of ether oxygens (including phenoxy) is 1. The molecule has 0 aromatic rings. The van der Waals surface area contributed by atoms with Gasteiger partial charge in [-0.25, -0.2) is 0 Å². The summed E-state index contributed by atoms with van der Waals surface area (Å²) in [4.78, 5) is 0. The molecule has 3 heteroatoms. The van der Waals surface area contributed by atoms with Crippen molar-refractivity contribution in [2.75, 3.05) is 25.5 Å². The molecule has 80 valence electrons. The summed E-state index contributed by atoms with van der Waals surface area (Å²) in [6, 6.07) is 0. The standard InChI is InChI=1S/C10H22BrNO/c1-10(13-2)9-12-8-6-4-3-5-7-11/h10,12H,3-9H2,1-2H3. The van der Waals surface area contributed by atoms with E-state index >= 15 is 0 Å². The highest BCUT2D eigenvalue weighted by molar-refractivity contribution is 9.09. The second-order valence-electron chi connectivity index (χ2n) is 3.35. The SMILES string of the molecule is COC(C)CNCCCCCCBr. The van der Waals surface area contributed by atoms with E-state index in [2.05, 4.69) is 28.2 Å². The molecule has 0 rings (SSSR count). The molecule has 0 saturated carbocycles. The Kier molecular flexibility index (Phi) is 10.8. The molecule has 0 bridgehead atoms. The van der Waals surface area contributed by atoms with Crippen molar-refractivity contribution in [1.82, 2.24) is 5.32 Å². The predicted octanol–water partition coefficient (Wildman–Crippen LogP) is 2.57. The van der Waals surface area contributed by atoms with Gasteiger partial charge in [0.05, 0.1) is 6.10 Å². The fourth-order valence-electron chi connectivity index (χ4n) is 1.09. The van der Waals surface area contributed by atoms with E-state index < -0.39 is 0 Å². The first-order valence-electron chi connectivity index (χ1n) is 5.10. The van der Waals surface area contributed by atoms with Crippen LogP contribution in [-0.4, -0.2) is 31.6 Å². The third kappa shape index (κ3) is 10.3. The van der Waals surface area contributed by atoms with E-state index in [4.69, 9.17) is 4.74 Å². The highest BCUT2D eigenvalue weighted by atomic mass is 79.9. The summed E-state index contributed by atoms with van der Waals surface area (Å²) >= 11 is 3.43. The molecular weight excluding hydrogens is 230 g/mol. The van der Waals surface area contributed by atoms with Gasteiger partial charge in [-0.15, -0.1) is 0 Å². The number of unbranched alkanes of at least 4 members (excludes halogenated alkanes) is 3. The van der Waals surface area contributed by atoms with Gasteiger partial charge in [-0.1, -0.05) is 28.8 Å². The van der Waals surface area contributed by atoms with E-state index in [-0.39, 0.29) is 0 Å². The molecule has 0 saturated heterocycles. The Morgan fingerprint density at radius 1 is 1.23 bits per heavy atom. The van der Waals surface area contributed by atoms with Gasteiger partial charge in [-0.05, 0) is 26.3 Å². The van der Waals surface area contributed by atoms with Crippen LogP contribution in [-0.2, 0) is 4.74 Å². The summed E-state index contributed by atoms with van der Waals surface area (Å²) in [5.41, 5.74) is 0. The lowest BCUT2D eigenvalue weighted by Crippen LogP contribution is -2.26. The minimum atomic E-state index is 0.336. The van der Waals surface area contributed by atoms with Crippen molar-refractivity contribution in [2.45, 2.75) is 38.7 Å². The van der Waals surface area contributed by atoms with Crippen LogP contribution in [0.5, 0.6) is 0 Å². The Morgan fingerprint density at radius 3 is 2.54 bits per heavy atom. The van der Waals surface area contributed by atoms with E-state index in [1.807, 2.05) is 0 Å². The third-order valence-electron chi connectivity index (χ3n) is 2.07. The van der Waals surface area contributed by atoms with Crippen molar-refractivity contribution in [1.29, 1.82) is 0 Å². The van der Waals surface area contributed by atoms with Gasteiger partial charge in [0, 0.05) is 19.0 Å². The predicted molar refractivity (Wildman–Crippen MR) is 61.6 cm³/mol. The zero-order valence-electron chi connectivity index (χ0n) is 8.81. The molecule has 0 radical (unpaired) electrons. The fraction of sp³-hybridized carbons (Fsp3) is 1.00. The van der Waals surface area contributed by atoms with E-state index in [1.165, 1.54) is 25.7 Å². The van der Waals surface area contributed by atoms with Crippen LogP contribution in [0.4, 0.5) is 0 Å². The van der Waals surface area contributed by atoms with E-state index in [0.717, 1.165) is 18.4 Å². The minimum absolute atomic E-state index is 0.336. The topological polar surface area (TPSA) is 21.3 Å². The molecule has 0 aliphatic rings. The normalized spacial score (nSPS) is 13.2. The van der Waals surface area contributed by atoms with Crippen LogP contribution < -0.4 is 5.32 Å². The Balaban J connectivity index is 2.91. The van der Waals surface area contributed by atoms with E-state index in [0.29, 0.717) is 6.10 Å². The molecular formula is C10H22BrNO. The monoisotopic (exact) mass is 251 g/mol. The van der Waals surface area contributed by atoms with Gasteiger partial charge in [-0.2, -0.15) is 0 Å². The fourth-order valence-corrected chi connectivity index (χ4v) is 1.48. The minimum Gasteiger partial charge on any atom is -0.380 e. The first-order chi connectivity index (χ1) is 6.31. The van der Waals surface area contributed by atoms with Gasteiger partial charge in [0.15, 0.2) is 0 Å². The molecule has 2 nitrogen and oxygen atoms in total. The van der Waals surface area contributed by atoms with Crippen LogP contribution in [0.15, 0.2) is 0 Å². The summed E-state index contributed by atoms with van der Waals surface area (Å²) < 4.78 is 5.13. The molecule has 0 heterocycles. The second kappa shape index (κ2) is 10.5. The average molecular weight is 252 g/mol. The lowest BCUT2D eigenvalue weighted by molar-refractivity contribution is 0.117. The Bertz CT molecular complexity index is 101. The van der Waals surface area contributed by atoms with Gasteiger partial charge in [0.1, 0.15) is 0 Å². The molecule has 1 N–H and O–H groups in total. The number of hydrogen-bond acceptors (Lipinski definition) is 2. The van der Waals surface area contributed by atoms with Crippen molar-refractivity contribution in [3.63, 3.8) is 0 Å². The van der Waals surface area contributed by atoms with Crippen molar-refractivity contribution in [3.8, 4) is 0 Å². The Labute approximate surface area is 90.6 Å². The molecule has 1 atom stereocenters. The smallest absolute Gasteiger partial charge is 0.0667 e. The van der Waals surface area contributed by atoms with Crippen molar-refractivity contribution >= 4 is 15.9 Å². The molecule has 1 unspecified atom stereocenters. The maximum absolute atomic E-state index is 5.13. The lowest BCUT2D eigenvalue weighted by atomic mass is 10.2. The number of rotatable bonds is 9. The summed E-state index contributed by atoms with van der Waals surface area (Å²) in [5, 5.41) is 4.52. The summed E-state index contributed by atoms with van der Waals surface area (Å²) in [7, 11) is 1.75. The van der Waals surface area contributed by atoms with Gasteiger partial charge < -0.3 is 10.1 Å². The van der Waals surface area contributed by atoms with Gasteiger partial charge in [0.2, 0.25) is 0 Å². The summed E-state index contributed by atoms with van der Waals surface area (Å²) in [6.45, 7) is 4.17. The lowest BCUT2D eigenvalue weighted by Gasteiger charge is -2.10. The molecule has 0 aromatic carbocycles. The van der Waals surface area contributed by atoms with Crippen LogP contribution in [0.2, 0.25) is 0 Å². The van der Waals surface area contributed by atoms with Gasteiger partial charge in [-0.3, -0.25) is 0 Å². The number of hydrogen-bond donors (Lipinski definition) is 1. The zero-order chi connectivity index (χ0) is 9.94. The maximum Gasteiger partial charge on any atom is 0.0667 e. The van der Waals surface area contributed by atoms with Crippen LogP contribution in [0, 0.1) is 0 Å². The van der Waals surface area contributed by atoms with Gasteiger partial charge in [0.25, 0.3) is 0 Å². The van der Waals surface area contributed by atoms with E-state index in [9.17, 15) is 0 Å². The van der Waals surface area contributed by atoms with Crippen LogP contribution in [0.3, 0.4) is 0 Å². The van der Waals surface area contributed by atoms with Crippen molar-refractivity contribution < 1.29 is 4.74 Å². The summed E-state index contributed by atoms with van der Waals surface area (Å²) in [6.07, 6.45) is 5.59. The van der Waals surface area contributed by atoms with Crippen molar-refractivity contribution in [2.24, 2.45) is 0 Å². The largest absolute Gasteiger partial charge is 0.380 e. The number of nitrogens with one attached hydrogen (secondary N) is 1. The number of halogens is 1. The second-order valence-corrected chi connectivity index (χ2v) is 4.15. The quantitative estimate of drug-likeness (QED) is 0.503. The molecule has 0 fully saturated rings. The molecule has 0 amide bonds. The number of methoxy groups -OCH3 is 1. The van der Waals surface area contributed by atoms with Crippen LogP contribution in [0.25, 0.3) is 0 Å². The van der Waals surface area contributed by atoms with Crippen LogP contribution >= 0.6 is 15.9 Å². The average Bonchev–Trinajstić information content (AvgIpc) is 2.16. The first kappa shape index (κ1) is 13.4. The Morgan fingerprint density at radius 2 is 1.92 bits per heavy atom. The highest BCUT2D eigenvalue weighted by Crippen LogP contribution is 2.00. The highest BCUT2D eigenvalue weighted by Gasteiger charge is 1.96. The molecule has 0 aliphatic heterocycles. The number of alkyl halides is 1. The summed E-state index contributed by atoms with van der Waals surface area (Å²) in [5.74, 6) is 0. The molecule has 13 heavy (non-hydrogen) atoms. The van der Waals surface area contributed by atoms with Crippen LogP contribution in [0.1, 0.15) is 32.6 Å². The Hall–Kier alpha value is 0.400. The first-order valence-corrected chi connectivity index (χ1v) is 6.23. The molecule has 0 spiro atoms.